The maximum atomic E-state index is 12.7. The number of rotatable bonds is 8. The van der Waals surface area contributed by atoms with Crippen molar-refractivity contribution >= 4 is 59.9 Å². The van der Waals surface area contributed by atoms with Gasteiger partial charge in [-0.2, -0.15) is 0 Å². The number of nitrogens with one attached hydrogen (secondary N) is 2. The molecule has 11 heteroatoms. The maximum absolute atomic E-state index is 12.7. The van der Waals surface area contributed by atoms with Crippen LogP contribution in [0.5, 0.6) is 0 Å². The molecule has 1 aliphatic heterocycles. The number of nitrogens with zero attached hydrogens (tertiary/aromatic N) is 3. The van der Waals surface area contributed by atoms with Crippen molar-refractivity contribution in [2.75, 3.05) is 48.9 Å². The van der Waals surface area contributed by atoms with Crippen LogP contribution >= 0.6 is 22.9 Å². The number of para-hydroxylation sites is 1. The van der Waals surface area contributed by atoms with Gasteiger partial charge in [0.25, 0.3) is 15.9 Å². The first-order chi connectivity index (χ1) is 17.9. The smallest absolute Gasteiger partial charge is 0.261 e. The molecule has 4 aromatic rings. The van der Waals surface area contributed by atoms with Crippen LogP contribution in [-0.4, -0.2) is 63.5 Å². The highest BCUT2D eigenvalue weighted by Crippen LogP contribution is 2.29. The van der Waals surface area contributed by atoms with Gasteiger partial charge >= 0.3 is 0 Å². The molecule has 0 radical (unpaired) electrons. The van der Waals surface area contributed by atoms with Crippen LogP contribution in [-0.2, 0) is 10.0 Å². The van der Waals surface area contributed by atoms with E-state index < -0.39 is 10.0 Å². The first kappa shape index (κ1) is 25.5. The maximum Gasteiger partial charge on any atom is 0.261 e. The molecule has 0 aliphatic carbocycles. The fourth-order valence-corrected chi connectivity index (χ4v) is 6.33. The van der Waals surface area contributed by atoms with E-state index in [0.29, 0.717) is 22.8 Å². The Labute approximate surface area is 224 Å². The molecule has 0 unspecified atom stereocenters. The third kappa shape index (κ3) is 6.22. The number of anilines is 2. The minimum absolute atomic E-state index is 0.0926. The lowest BCUT2D eigenvalue weighted by Crippen LogP contribution is -2.48. The minimum atomic E-state index is -3.79. The highest BCUT2D eigenvalue weighted by atomic mass is 35.5. The van der Waals surface area contributed by atoms with Crippen molar-refractivity contribution in [2.24, 2.45) is 0 Å². The Balaban J connectivity index is 1.10. The summed E-state index contributed by atoms with van der Waals surface area (Å²) in [5.41, 5.74) is 1.74. The van der Waals surface area contributed by atoms with Gasteiger partial charge in [-0.25, -0.2) is 13.4 Å². The number of fused-ring (bicyclic) bond motifs is 1. The highest BCUT2D eigenvalue weighted by Gasteiger charge is 2.20. The number of halogens is 1. The number of thiazole rings is 1. The summed E-state index contributed by atoms with van der Waals surface area (Å²) in [5, 5.41) is 4.45. The number of carbonyl (C=O) groups excluding carboxylic acids is 1. The van der Waals surface area contributed by atoms with Gasteiger partial charge in [-0.15, -0.1) is 0 Å². The van der Waals surface area contributed by atoms with E-state index in [1.165, 1.54) is 35.0 Å². The number of sulfonamides is 1. The van der Waals surface area contributed by atoms with Crippen LogP contribution in [0.15, 0.2) is 77.7 Å². The van der Waals surface area contributed by atoms with Gasteiger partial charge < -0.3 is 10.2 Å². The van der Waals surface area contributed by atoms with E-state index in [0.717, 1.165) is 43.4 Å². The van der Waals surface area contributed by atoms with Crippen molar-refractivity contribution in [3.05, 3.63) is 83.4 Å². The SMILES string of the molecule is O=C(NCCN1CCN(c2nc3ccccc3s2)CC1)c1cccc(NS(=O)(=O)c2ccc(Cl)cc2)c1. The van der Waals surface area contributed by atoms with Crippen LogP contribution in [0.3, 0.4) is 0 Å². The zero-order valence-electron chi connectivity index (χ0n) is 19.9. The molecule has 0 bridgehead atoms. The Morgan fingerprint density at radius 1 is 0.973 bits per heavy atom. The number of hydrogen-bond donors (Lipinski definition) is 2. The first-order valence-corrected chi connectivity index (χ1v) is 14.5. The summed E-state index contributed by atoms with van der Waals surface area (Å²) in [5.74, 6) is -0.249. The van der Waals surface area contributed by atoms with Crippen LogP contribution in [0.1, 0.15) is 10.4 Å². The van der Waals surface area contributed by atoms with Gasteiger partial charge in [0.15, 0.2) is 5.13 Å². The summed E-state index contributed by atoms with van der Waals surface area (Å²) >= 11 is 7.57. The Kier molecular flexibility index (Phi) is 7.61. The number of hydrogen-bond acceptors (Lipinski definition) is 7. The Bertz CT molecular complexity index is 1470. The van der Waals surface area contributed by atoms with Crippen LogP contribution in [0.4, 0.5) is 10.8 Å². The van der Waals surface area contributed by atoms with Crippen molar-refractivity contribution in [3.8, 4) is 0 Å². The molecule has 2 N–H and O–H groups in total. The molecule has 2 heterocycles. The molecule has 1 amide bonds. The van der Waals surface area contributed by atoms with Crippen LogP contribution < -0.4 is 14.9 Å². The predicted octanol–water partition coefficient (Wildman–Crippen LogP) is 4.30. The molecule has 8 nitrogen and oxygen atoms in total. The van der Waals surface area contributed by atoms with E-state index in [9.17, 15) is 13.2 Å². The summed E-state index contributed by atoms with van der Waals surface area (Å²) in [6, 6.07) is 20.5. The van der Waals surface area contributed by atoms with Crippen molar-refractivity contribution in [1.29, 1.82) is 0 Å². The quantitative estimate of drug-likeness (QED) is 0.336. The summed E-state index contributed by atoms with van der Waals surface area (Å²) in [4.78, 5) is 22.2. The van der Waals surface area contributed by atoms with Gasteiger partial charge in [-0.05, 0) is 54.6 Å². The molecule has 1 aromatic heterocycles. The second-order valence-electron chi connectivity index (χ2n) is 8.69. The van der Waals surface area contributed by atoms with E-state index in [4.69, 9.17) is 16.6 Å². The van der Waals surface area contributed by atoms with E-state index in [1.807, 2.05) is 18.2 Å². The van der Waals surface area contributed by atoms with Crippen LogP contribution in [0.25, 0.3) is 10.2 Å². The van der Waals surface area contributed by atoms with E-state index in [2.05, 4.69) is 25.9 Å². The van der Waals surface area contributed by atoms with Crippen molar-refractivity contribution in [1.82, 2.24) is 15.2 Å². The van der Waals surface area contributed by atoms with Crippen molar-refractivity contribution in [3.63, 3.8) is 0 Å². The summed E-state index contributed by atoms with van der Waals surface area (Å²) in [6.07, 6.45) is 0. The highest BCUT2D eigenvalue weighted by molar-refractivity contribution is 7.92. The minimum Gasteiger partial charge on any atom is -0.351 e. The van der Waals surface area contributed by atoms with Gasteiger partial charge in [0.05, 0.1) is 15.1 Å². The fourth-order valence-electron chi connectivity index (χ4n) is 4.14. The Morgan fingerprint density at radius 2 is 1.73 bits per heavy atom. The zero-order valence-corrected chi connectivity index (χ0v) is 22.3. The molecule has 5 rings (SSSR count). The lowest BCUT2D eigenvalue weighted by molar-refractivity contribution is 0.0948. The predicted molar refractivity (Wildman–Crippen MR) is 149 cm³/mol. The molecule has 37 heavy (non-hydrogen) atoms. The largest absolute Gasteiger partial charge is 0.351 e. The standard InChI is InChI=1S/C26H26ClN5O3S2/c27-20-8-10-22(11-9-20)37(34,35)30-21-5-3-4-19(18-21)25(33)28-12-13-31-14-16-32(17-15-31)26-29-23-6-1-2-7-24(23)36-26/h1-11,18,30H,12-17H2,(H,28,33). The van der Waals surface area contributed by atoms with Crippen LogP contribution in [0.2, 0.25) is 5.02 Å². The second kappa shape index (κ2) is 11.1. The third-order valence-electron chi connectivity index (χ3n) is 6.14. The van der Waals surface area contributed by atoms with Crippen molar-refractivity contribution < 1.29 is 13.2 Å². The lowest BCUT2D eigenvalue weighted by atomic mass is 10.2. The summed E-state index contributed by atoms with van der Waals surface area (Å²) < 4.78 is 29.0. The lowest BCUT2D eigenvalue weighted by Gasteiger charge is -2.34. The Hall–Kier alpha value is -3.18. The molecule has 0 atom stereocenters. The third-order valence-corrected chi connectivity index (χ3v) is 8.89. The molecule has 0 spiro atoms. The monoisotopic (exact) mass is 555 g/mol. The van der Waals surface area contributed by atoms with Gasteiger partial charge in [-0.3, -0.25) is 14.4 Å². The molecule has 1 saturated heterocycles. The molecular formula is C26H26ClN5O3S2. The molecule has 3 aromatic carbocycles. The number of carbonyl (C=O) groups is 1. The summed E-state index contributed by atoms with van der Waals surface area (Å²) in [6.45, 7) is 4.82. The van der Waals surface area contributed by atoms with E-state index in [1.54, 1.807) is 29.5 Å². The number of aromatic nitrogens is 1. The number of amides is 1. The van der Waals surface area contributed by atoms with Gasteiger partial charge in [0, 0.05) is 55.5 Å². The Morgan fingerprint density at radius 3 is 2.49 bits per heavy atom. The van der Waals surface area contributed by atoms with Gasteiger partial charge in [-0.1, -0.05) is 41.1 Å². The molecule has 1 aliphatic rings. The van der Waals surface area contributed by atoms with Crippen LogP contribution in [0, 0.1) is 0 Å². The molecular weight excluding hydrogens is 530 g/mol. The van der Waals surface area contributed by atoms with Crippen molar-refractivity contribution in [2.45, 2.75) is 4.90 Å². The summed E-state index contributed by atoms with van der Waals surface area (Å²) in [7, 11) is -3.79. The van der Waals surface area contributed by atoms with Gasteiger partial charge in [0.2, 0.25) is 0 Å². The fraction of sp³-hybridized carbons (Fsp3) is 0.231. The number of piperazine rings is 1. The normalized spacial score (nSPS) is 14.6. The van der Waals surface area contributed by atoms with E-state index in [-0.39, 0.29) is 10.8 Å². The second-order valence-corrected chi connectivity index (χ2v) is 11.8. The van der Waals surface area contributed by atoms with E-state index >= 15 is 0 Å². The number of benzene rings is 3. The van der Waals surface area contributed by atoms with Gasteiger partial charge in [0.1, 0.15) is 0 Å². The topological polar surface area (TPSA) is 94.6 Å². The zero-order chi connectivity index (χ0) is 25.8. The first-order valence-electron chi connectivity index (χ1n) is 11.9. The molecule has 0 saturated carbocycles. The average molecular weight is 556 g/mol. The molecule has 192 valence electrons. The molecule has 1 fully saturated rings. The average Bonchev–Trinajstić information content (AvgIpc) is 3.34.